The van der Waals surface area contributed by atoms with Gasteiger partial charge in [-0.05, 0) is 48.1 Å². The Morgan fingerprint density at radius 1 is 0.906 bits per heavy atom. The van der Waals surface area contributed by atoms with Crippen molar-refractivity contribution in [3.05, 3.63) is 77.9 Å². The largest absolute Gasteiger partial charge is 0.508 e. The summed E-state index contributed by atoms with van der Waals surface area (Å²) in [6, 6.07) is 20.7. The highest BCUT2D eigenvalue weighted by molar-refractivity contribution is 5.90. The summed E-state index contributed by atoms with van der Waals surface area (Å²) >= 11 is 0. The number of fused-ring (bicyclic) bond motifs is 1. The first kappa shape index (κ1) is 20.6. The molecule has 3 aromatic carbocycles. The fraction of sp³-hybridized carbons (Fsp3) is 0.333. The van der Waals surface area contributed by atoms with Crippen molar-refractivity contribution in [2.75, 3.05) is 13.1 Å². The molecule has 2 amide bonds. The molecule has 0 spiro atoms. The van der Waals surface area contributed by atoms with Gasteiger partial charge in [-0.15, -0.1) is 0 Å². The molecule has 2 atom stereocenters. The molecule has 2 N–H and O–H groups in total. The van der Waals surface area contributed by atoms with Crippen molar-refractivity contribution in [1.29, 1.82) is 0 Å². The summed E-state index contributed by atoms with van der Waals surface area (Å²) in [5.74, 6) is 0.219. The molecule has 2 unspecified atom stereocenters. The third-order valence-electron chi connectivity index (χ3n) is 6.69. The molecule has 1 saturated carbocycles. The molecule has 5 rings (SSSR count). The molecule has 1 aliphatic carbocycles. The second kappa shape index (κ2) is 8.65. The first-order chi connectivity index (χ1) is 15.6. The summed E-state index contributed by atoms with van der Waals surface area (Å²) in [6.07, 6.45) is 3.56. The Morgan fingerprint density at radius 2 is 1.66 bits per heavy atom. The lowest BCUT2D eigenvalue weighted by atomic mass is 9.91. The van der Waals surface area contributed by atoms with Crippen LogP contribution >= 0.6 is 0 Å². The number of phenols is 1. The van der Waals surface area contributed by atoms with Crippen molar-refractivity contribution in [3.63, 3.8) is 0 Å². The van der Waals surface area contributed by atoms with Gasteiger partial charge in [-0.25, -0.2) is 0 Å². The number of carbonyl (C=O) groups excluding carboxylic acids is 2. The normalized spacial score (nSPS) is 19.5. The van der Waals surface area contributed by atoms with Gasteiger partial charge in [-0.3, -0.25) is 9.59 Å². The Balaban J connectivity index is 1.46. The summed E-state index contributed by atoms with van der Waals surface area (Å²) < 4.78 is 0. The monoisotopic (exact) mass is 428 g/mol. The zero-order valence-electron chi connectivity index (χ0n) is 18.0. The van der Waals surface area contributed by atoms with E-state index in [9.17, 15) is 14.7 Å². The third kappa shape index (κ3) is 4.07. The van der Waals surface area contributed by atoms with Gasteiger partial charge in [0.25, 0.3) is 0 Å². The summed E-state index contributed by atoms with van der Waals surface area (Å²) in [5, 5.41) is 16.0. The molecule has 1 aliphatic heterocycles. The van der Waals surface area contributed by atoms with Crippen molar-refractivity contribution in [2.45, 2.75) is 31.7 Å². The molecule has 3 aromatic rings. The van der Waals surface area contributed by atoms with Crippen LogP contribution in [0.15, 0.2) is 66.7 Å². The number of carbonyl (C=O) groups is 2. The Hall–Kier alpha value is -3.34. The van der Waals surface area contributed by atoms with E-state index in [-0.39, 0.29) is 29.4 Å². The van der Waals surface area contributed by atoms with Crippen LogP contribution in [-0.4, -0.2) is 34.9 Å². The molecule has 164 valence electrons. The summed E-state index contributed by atoms with van der Waals surface area (Å²) in [5.41, 5.74) is 1.61. The summed E-state index contributed by atoms with van der Waals surface area (Å²) in [6.45, 7) is 1.22. The Kier molecular flexibility index (Phi) is 5.56. The Labute approximate surface area is 188 Å². The minimum atomic E-state index is -0.482. The quantitative estimate of drug-likeness (QED) is 0.633. The molecule has 1 saturated heterocycles. The highest BCUT2D eigenvalue weighted by atomic mass is 16.3. The van der Waals surface area contributed by atoms with Gasteiger partial charge in [-0.1, -0.05) is 60.7 Å². The lowest BCUT2D eigenvalue weighted by molar-refractivity contribution is -0.136. The maximum Gasteiger partial charge on any atom is 0.225 e. The smallest absolute Gasteiger partial charge is 0.225 e. The van der Waals surface area contributed by atoms with Crippen molar-refractivity contribution in [2.24, 2.45) is 11.8 Å². The number of benzene rings is 3. The number of piperidine rings is 1. The molecule has 5 nitrogen and oxygen atoms in total. The van der Waals surface area contributed by atoms with Crippen LogP contribution in [-0.2, 0) is 9.59 Å². The van der Waals surface area contributed by atoms with Gasteiger partial charge < -0.3 is 15.3 Å². The zero-order valence-corrected chi connectivity index (χ0v) is 18.0. The molecule has 0 bridgehead atoms. The van der Waals surface area contributed by atoms with Gasteiger partial charge in [0, 0.05) is 24.6 Å². The second-order valence-electron chi connectivity index (χ2n) is 8.97. The van der Waals surface area contributed by atoms with E-state index in [1.807, 2.05) is 65.6 Å². The number of nitrogens with zero attached hydrogens (tertiary/aromatic N) is 1. The van der Waals surface area contributed by atoms with E-state index >= 15 is 0 Å². The van der Waals surface area contributed by atoms with E-state index in [4.69, 9.17) is 0 Å². The van der Waals surface area contributed by atoms with Gasteiger partial charge in [0.15, 0.2) is 0 Å². The van der Waals surface area contributed by atoms with Crippen molar-refractivity contribution >= 4 is 22.6 Å². The fourth-order valence-electron chi connectivity index (χ4n) is 4.80. The van der Waals surface area contributed by atoms with E-state index in [1.165, 1.54) is 0 Å². The molecule has 1 heterocycles. The lowest BCUT2D eigenvalue weighted by Gasteiger charge is -2.33. The van der Waals surface area contributed by atoms with Crippen LogP contribution in [0.25, 0.3) is 10.8 Å². The maximum absolute atomic E-state index is 13.4. The molecular formula is C27H28N2O3. The van der Waals surface area contributed by atoms with Gasteiger partial charge in [0.2, 0.25) is 11.8 Å². The molecule has 2 fully saturated rings. The van der Waals surface area contributed by atoms with Crippen molar-refractivity contribution in [1.82, 2.24) is 10.2 Å². The average molecular weight is 429 g/mol. The highest BCUT2D eigenvalue weighted by Gasteiger charge is 2.37. The summed E-state index contributed by atoms with van der Waals surface area (Å²) in [7, 11) is 0. The Bertz CT molecular complexity index is 1140. The molecule has 5 heteroatoms. The van der Waals surface area contributed by atoms with Crippen LogP contribution in [0.5, 0.6) is 5.75 Å². The number of likely N-dealkylation sites (tertiary alicyclic amines) is 1. The van der Waals surface area contributed by atoms with Crippen LogP contribution in [0.4, 0.5) is 0 Å². The molecule has 2 aliphatic rings. The molecule has 0 aromatic heterocycles. The second-order valence-corrected chi connectivity index (χ2v) is 8.97. The maximum atomic E-state index is 13.4. The number of amides is 2. The van der Waals surface area contributed by atoms with E-state index in [2.05, 4.69) is 5.32 Å². The van der Waals surface area contributed by atoms with E-state index in [0.717, 1.165) is 48.6 Å². The fourth-order valence-corrected chi connectivity index (χ4v) is 4.80. The number of phenolic OH excluding ortho intramolecular Hbond substituents is 1. The predicted octanol–water partition coefficient (Wildman–Crippen LogP) is 4.40. The third-order valence-corrected chi connectivity index (χ3v) is 6.69. The minimum absolute atomic E-state index is 0.0699. The van der Waals surface area contributed by atoms with Crippen molar-refractivity contribution < 1.29 is 14.7 Å². The van der Waals surface area contributed by atoms with Crippen molar-refractivity contribution in [3.8, 4) is 5.75 Å². The predicted molar refractivity (Wildman–Crippen MR) is 124 cm³/mol. The number of hydrogen-bond donors (Lipinski definition) is 2. The molecular weight excluding hydrogens is 400 g/mol. The van der Waals surface area contributed by atoms with Crippen LogP contribution < -0.4 is 5.32 Å². The van der Waals surface area contributed by atoms with E-state index in [0.29, 0.717) is 12.1 Å². The van der Waals surface area contributed by atoms with Gasteiger partial charge >= 0.3 is 0 Å². The van der Waals surface area contributed by atoms with Crippen LogP contribution in [0.2, 0.25) is 0 Å². The number of rotatable bonds is 5. The van der Waals surface area contributed by atoms with Crippen LogP contribution in [0.3, 0.4) is 0 Å². The molecule has 32 heavy (non-hydrogen) atoms. The van der Waals surface area contributed by atoms with Crippen LogP contribution in [0.1, 0.15) is 42.9 Å². The topological polar surface area (TPSA) is 69.6 Å². The molecule has 0 radical (unpaired) electrons. The first-order valence-corrected chi connectivity index (χ1v) is 11.5. The summed E-state index contributed by atoms with van der Waals surface area (Å²) in [4.78, 5) is 27.8. The number of aromatic hydroxyl groups is 1. The average Bonchev–Trinajstić information content (AvgIpc) is 3.68. The number of hydrogen-bond acceptors (Lipinski definition) is 3. The van der Waals surface area contributed by atoms with Gasteiger partial charge in [-0.2, -0.15) is 0 Å². The van der Waals surface area contributed by atoms with E-state index < -0.39 is 6.04 Å². The number of nitrogens with one attached hydrogen (secondary N) is 1. The first-order valence-electron chi connectivity index (χ1n) is 11.5. The Morgan fingerprint density at radius 3 is 2.44 bits per heavy atom. The zero-order chi connectivity index (χ0) is 22.1. The lowest BCUT2D eigenvalue weighted by Crippen LogP contribution is -2.46. The van der Waals surface area contributed by atoms with Crippen LogP contribution in [0, 0.1) is 11.8 Å². The van der Waals surface area contributed by atoms with E-state index in [1.54, 1.807) is 6.07 Å². The highest BCUT2D eigenvalue weighted by Crippen LogP contribution is 2.37. The SMILES string of the molecule is O=C(NC(c1ccccc1)c1c(O)ccc2ccccc12)C1CCCN(C(=O)C2CC2)C1. The standard InChI is InChI=1S/C27H28N2O3/c30-23-15-14-18-7-4-5-11-22(18)24(23)25(19-8-2-1-3-9-19)28-26(31)21-10-6-16-29(17-21)27(32)20-12-13-20/h1-5,7-9,11,14-15,20-21,25,30H,6,10,12-13,16-17H2,(H,28,31). The minimum Gasteiger partial charge on any atom is -0.508 e. The van der Waals surface area contributed by atoms with Gasteiger partial charge in [0.05, 0.1) is 12.0 Å². The van der Waals surface area contributed by atoms with Gasteiger partial charge in [0.1, 0.15) is 5.75 Å².